The Labute approximate surface area is 72.8 Å². The van der Waals surface area contributed by atoms with Gasteiger partial charge in [0, 0.05) is 12.2 Å². The molecule has 1 N–H and O–H groups in total. The van der Waals surface area contributed by atoms with Gasteiger partial charge in [0.15, 0.2) is 0 Å². The molecule has 12 heavy (non-hydrogen) atoms. The van der Waals surface area contributed by atoms with Crippen LogP contribution in [-0.4, -0.2) is 6.54 Å². The van der Waals surface area contributed by atoms with E-state index >= 15 is 0 Å². The minimum atomic E-state index is 0.862. The van der Waals surface area contributed by atoms with Gasteiger partial charge < -0.3 is 5.32 Å². The van der Waals surface area contributed by atoms with Crippen LogP contribution in [0.1, 0.15) is 24.3 Å². The standard InChI is InChI=1S/C11H13N/c1-2-4-11-10(3-1)9-5-8(6-9)7-12-11/h1-4,8-9,12H,5-7H2. The molecule has 1 saturated carbocycles. The molecular formula is C11H13N. The van der Waals surface area contributed by atoms with Crippen molar-refractivity contribution >= 4 is 5.69 Å². The molecule has 2 aliphatic heterocycles. The Morgan fingerprint density at radius 3 is 2.92 bits per heavy atom. The summed E-state index contributed by atoms with van der Waals surface area (Å²) in [5.74, 6) is 1.81. The molecular weight excluding hydrogens is 146 g/mol. The summed E-state index contributed by atoms with van der Waals surface area (Å²) < 4.78 is 0. The van der Waals surface area contributed by atoms with Crippen molar-refractivity contribution in [3.05, 3.63) is 29.8 Å². The van der Waals surface area contributed by atoms with Gasteiger partial charge in [-0.2, -0.15) is 0 Å². The minimum Gasteiger partial charge on any atom is -0.385 e. The third-order valence-corrected chi connectivity index (χ3v) is 3.22. The molecule has 0 aromatic heterocycles. The highest BCUT2D eigenvalue weighted by Crippen LogP contribution is 2.46. The summed E-state index contributed by atoms with van der Waals surface area (Å²) in [6.45, 7) is 1.19. The second-order valence-corrected chi connectivity index (χ2v) is 4.00. The third kappa shape index (κ3) is 0.795. The van der Waals surface area contributed by atoms with Gasteiger partial charge in [-0.3, -0.25) is 0 Å². The fourth-order valence-corrected chi connectivity index (χ4v) is 2.42. The first-order valence-corrected chi connectivity index (χ1v) is 4.76. The molecule has 0 amide bonds. The number of hydrogen-bond donors (Lipinski definition) is 1. The predicted octanol–water partition coefficient (Wildman–Crippen LogP) is 2.61. The molecule has 0 unspecified atom stereocenters. The highest BCUT2D eigenvalue weighted by molar-refractivity contribution is 5.55. The van der Waals surface area contributed by atoms with E-state index in [-0.39, 0.29) is 0 Å². The van der Waals surface area contributed by atoms with Gasteiger partial charge in [-0.25, -0.2) is 0 Å². The number of nitrogens with one attached hydrogen (secondary N) is 1. The van der Waals surface area contributed by atoms with Crippen LogP contribution in [0.3, 0.4) is 0 Å². The molecule has 2 bridgehead atoms. The molecule has 1 nitrogen and oxygen atoms in total. The van der Waals surface area contributed by atoms with E-state index in [4.69, 9.17) is 0 Å². The maximum atomic E-state index is 3.52. The van der Waals surface area contributed by atoms with Gasteiger partial charge in [0.05, 0.1) is 0 Å². The normalized spacial score (nSPS) is 31.0. The van der Waals surface area contributed by atoms with Crippen molar-refractivity contribution in [3.63, 3.8) is 0 Å². The van der Waals surface area contributed by atoms with Gasteiger partial charge in [-0.05, 0) is 36.3 Å². The topological polar surface area (TPSA) is 12.0 Å². The highest BCUT2D eigenvalue weighted by atomic mass is 14.9. The molecule has 4 rings (SSSR count). The molecule has 3 aliphatic rings. The fraction of sp³-hybridized carbons (Fsp3) is 0.455. The predicted molar refractivity (Wildman–Crippen MR) is 50.4 cm³/mol. The first kappa shape index (κ1) is 6.53. The second kappa shape index (κ2) is 2.25. The lowest BCUT2D eigenvalue weighted by Gasteiger charge is -2.32. The van der Waals surface area contributed by atoms with Crippen LogP contribution in [-0.2, 0) is 0 Å². The lowest BCUT2D eigenvalue weighted by Crippen LogP contribution is -2.23. The molecule has 1 aliphatic carbocycles. The highest BCUT2D eigenvalue weighted by Gasteiger charge is 2.33. The van der Waals surface area contributed by atoms with Gasteiger partial charge in [0.1, 0.15) is 0 Å². The molecule has 1 heteroatoms. The maximum absolute atomic E-state index is 3.52. The van der Waals surface area contributed by atoms with Crippen molar-refractivity contribution in [2.45, 2.75) is 18.8 Å². The van der Waals surface area contributed by atoms with Crippen molar-refractivity contribution < 1.29 is 0 Å². The van der Waals surface area contributed by atoms with Crippen LogP contribution in [0.2, 0.25) is 0 Å². The maximum Gasteiger partial charge on any atom is 0.0375 e. The van der Waals surface area contributed by atoms with Gasteiger partial charge in [-0.15, -0.1) is 0 Å². The first-order chi connectivity index (χ1) is 5.93. The number of hydrogen-bond acceptors (Lipinski definition) is 1. The molecule has 1 fully saturated rings. The smallest absolute Gasteiger partial charge is 0.0375 e. The lowest BCUT2D eigenvalue weighted by atomic mass is 9.72. The fourth-order valence-electron chi connectivity index (χ4n) is 2.42. The molecule has 0 saturated heterocycles. The van der Waals surface area contributed by atoms with Crippen LogP contribution >= 0.6 is 0 Å². The zero-order valence-electron chi connectivity index (χ0n) is 7.09. The number of fused-ring (bicyclic) bond motifs is 1. The summed E-state index contributed by atoms with van der Waals surface area (Å²) in [6, 6.07) is 8.75. The zero-order valence-corrected chi connectivity index (χ0v) is 7.09. The number of para-hydroxylation sites is 1. The van der Waals surface area contributed by atoms with E-state index in [0.717, 1.165) is 11.8 Å². The number of anilines is 1. The molecule has 2 heterocycles. The summed E-state index contributed by atoms with van der Waals surface area (Å²) in [5, 5.41) is 3.52. The average Bonchev–Trinajstić information content (AvgIpc) is 2.30. The monoisotopic (exact) mass is 159 g/mol. The third-order valence-electron chi connectivity index (χ3n) is 3.22. The van der Waals surface area contributed by atoms with Gasteiger partial charge >= 0.3 is 0 Å². The zero-order chi connectivity index (χ0) is 7.97. The minimum absolute atomic E-state index is 0.862. The first-order valence-electron chi connectivity index (χ1n) is 4.76. The van der Waals surface area contributed by atoms with Crippen LogP contribution in [0.15, 0.2) is 24.3 Å². The van der Waals surface area contributed by atoms with Crippen LogP contribution < -0.4 is 5.32 Å². The summed E-state index contributed by atoms with van der Waals surface area (Å²) in [7, 11) is 0. The van der Waals surface area contributed by atoms with Crippen molar-refractivity contribution in [2.75, 3.05) is 11.9 Å². The van der Waals surface area contributed by atoms with E-state index in [0.29, 0.717) is 0 Å². The average molecular weight is 159 g/mol. The second-order valence-electron chi connectivity index (χ2n) is 4.00. The van der Waals surface area contributed by atoms with Gasteiger partial charge in [0.2, 0.25) is 0 Å². The van der Waals surface area contributed by atoms with Crippen LogP contribution in [0.4, 0.5) is 5.69 Å². The van der Waals surface area contributed by atoms with Gasteiger partial charge in [0.25, 0.3) is 0 Å². The summed E-state index contributed by atoms with van der Waals surface area (Å²) in [4.78, 5) is 0. The summed E-state index contributed by atoms with van der Waals surface area (Å²) >= 11 is 0. The Hall–Kier alpha value is -0.980. The largest absolute Gasteiger partial charge is 0.385 e. The van der Waals surface area contributed by atoms with Crippen LogP contribution in [0, 0.1) is 5.92 Å². The van der Waals surface area contributed by atoms with E-state index in [2.05, 4.69) is 29.6 Å². The molecule has 1 aromatic carbocycles. The Balaban J connectivity index is 2.09. The summed E-state index contributed by atoms with van der Waals surface area (Å²) in [5.41, 5.74) is 2.92. The van der Waals surface area contributed by atoms with E-state index in [1.54, 1.807) is 5.56 Å². The summed E-state index contributed by atoms with van der Waals surface area (Å²) in [6.07, 6.45) is 2.81. The number of rotatable bonds is 0. The molecule has 0 radical (unpaired) electrons. The van der Waals surface area contributed by atoms with Crippen molar-refractivity contribution in [1.82, 2.24) is 0 Å². The van der Waals surface area contributed by atoms with E-state index in [9.17, 15) is 0 Å². The lowest BCUT2D eigenvalue weighted by molar-refractivity contribution is 0.287. The Kier molecular flexibility index (Phi) is 1.23. The van der Waals surface area contributed by atoms with E-state index in [1.165, 1.54) is 25.1 Å². The Bertz CT molecular complexity index is 297. The van der Waals surface area contributed by atoms with Gasteiger partial charge in [-0.1, -0.05) is 18.2 Å². The molecule has 1 aromatic rings. The van der Waals surface area contributed by atoms with Crippen molar-refractivity contribution in [1.29, 1.82) is 0 Å². The quantitative estimate of drug-likeness (QED) is 0.613. The van der Waals surface area contributed by atoms with E-state index < -0.39 is 0 Å². The van der Waals surface area contributed by atoms with Crippen molar-refractivity contribution in [3.8, 4) is 0 Å². The van der Waals surface area contributed by atoms with Crippen LogP contribution in [0.5, 0.6) is 0 Å². The molecule has 62 valence electrons. The SMILES string of the molecule is c1ccc2c(c1)NCC1CC2C1. The Morgan fingerprint density at radius 2 is 2.00 bits per heavy atom. The number of benzene rings is 1. The van der Waals surface area contributed by atoms with Crippen molar-refractivity contribution in [2.24, 2.45) is 5.92 Å². The molecule has 0 spiro atoms. The van der Waals surface area contributed by atoms with Crippen LogP contribution in [0.25, 0.3) is 0 Å². The van der Waals surface area contributed by atoms with E-state index in [1.807, 2.05) is 0 Å². The Morgan fingerprint density at radius 1 is 1.17 bits per heavy atom. The molecule has 0 atom stereocenters.